The number of carbonyl (C=O) groups is 2. The van der Waals surface area contributed by atoms with Gasteiger partial charge in [0.15, 0.2) is 24.7 Å². The van der Waals surface area contributed by atoms with E-state index in [4.69, 9.17) is 14.2 Å². The lowest BCUT2D eigenvalue weighted by molar-refractivity contribution is -0.123. The van der Waals surface area contributed by atoms with Gasteiger partial charge in [-0.3, -0.25) is 9.59 Å². The molecule has 2 amide bonds. The highest BCUT2D eigenvalue weighted by Gasteiger charge is 2.18. The average molecular weight is 552 g/mol. The van der Waals surface area contributed by atoms with E-state index in [-0.39, 0.29) is 25.0 Å². The summed E-state index contributed by atoms with van der Waals surface area (Å²) in [6.07, 6.45) is 1.49. The maximum Gasteiger partial charge on any atom is 0.277 e. The Hall–Kier alpha value is -3.63. The van der Waals surface area contributed by atoms with Crippen LogP contribution < -0.4 is 25.0 Å². The average Bonchev–Trinajstić information content (AvgIpc) is 3.48. The monoisotopic (exact) mass is 551 g/mol. The van der Waals surface area contributed by atoms with Gasteiger partial charge in [0.1, 0.15) is 5.75 Å². The molecule has 0 atom stereocenters. The van der Waals surface area contributed by atoms with Gasteiger partial charge in [0.25, 0.3) is 11.8 Å². The normalized spacial score (nSPS) is 13.3. The Kier molecular flexibility index (Phi) is 9.94. The number of carbonyl (C=O) groups excluding carboxylic acids is 2. The van der Waals surface area contributed by atoms with Gasteiger partial charge in [-0.1, -0.05) is 29.8 Å². The number of aryl methyl sites for hydroxylation is 1. The Morgan fingerprint density at radius 2 is 1.63 bits per heavy atom. The van der Waals surface area contributed by atoms with Crippen LogP contribution in [0.2, 0.25) is 0 Å². The third-order valence-electron chi connectivity index (χ3n) is 5.43. The Bertz CT molecular complexity index is 1260. The van der Waals surface area contributed by atoms with Crippen LogP contribution in [-0.2, 0) is 9.59 Å². The predicted octanol–water partition coefficient (Wildman–Crippen LogP) is 5.03. The van der Waals surface area contributed by atoms with Crippen molar-refractivity contribution >= 4 is 47.2 Å². The Morgan fingerprint density at radius 1 is 0.921 bits per heavy atom. The summed E-state index contributed by atoms with van der Waals surface area (Å²) < 4.78 is 17.0. The first-order valence-electron chi connectivity index (χ1n) is 12.0. The number of benzene rings is 3. The molecule has 10 heteroatoms. The summed E-state index contributed by atoms with van der Waals surface area (Å²) in [6.45, 7) is 1.66. The van der Waals surface area contributed by atoms with Crippen molar-refractivity contribution in [3.63, 3.8) is 0 Å². The van der Waals surface area contributed by atoms with Crippen LogP contribution >= 0.6 is 23.5 Å². The Labute approximate surface area is 230 Å². The lowest BCUT2D eigenvalue weighted by atomic mass is 10.2. The molecule has 0 saturated carbocycles. The number of amides is 2. The second-order valence-corrected chi connectivity index (χ2v) is 11.1. The molecule has 0 radical (unpaired) electrons. The van der Waals surface area contributed by atoms with E-state index in [1.54, 1.807) is 18.2 Å². The van der Waals surface area contributed by atoms with Gasteiger partial charge in [-0.25, -0.2) is 5.43 Å². The van der Waals surface area contributed by atoms with Crippen LogP contribution in [0.1, 0.15) is 21.3 Å². The molecule has 0 bridgehead atoms. The second-order valence-electron chi connectivity index (χ2n) is 8.34. The number of hydrazone groups is 1. The van der Waals surface area contributed by atoms with Crippen molar-refractivity contribution in [1.82, 2.24) is 5.43 Å². The van der Waals surface area contributed by atoms with Crippen molar-refractivity contribution in [2.75, 3.05) is 37.1 Å². The van der Waals surface area contributed by atoms with Crippen LogP contribution in [0.5, 0.6) is 17.2 Å². The SMILES string of the molecule is COc1cc(/C=N\NC(=O)COc2ccc(C3SCCS3)cc2)ccc1OCC(=O)Nc1ccc(C)cc1. The molecular formula is C28H29N3O5S2. The van der Waals surface area contributed by atoms with E-state index in [1.165, 1.54) is 30.4 Å². The van der Waals surface area contributed by atoms with Crippen LogP contribution in [0.3, 0.4) is 0 Å². The Morgan fingerprint density at radius 3 is 2.34 bits per heavy atom. The fourth-order valence-corrected chi connectivity index (χ4v) is 6.35. The predicted molar refractivity (Wildman–Crippen MR) is 154 cm³/mol. The topological polar surface area (TPSA) is 98.2 Å². The summed E-state index contributed by atoms with van der Waals surface area (Å²) in [6, 6.07) is 20.5. The summed E-state index contributed by atoms with van der Waals surface area (Å²) in [4.78, 5) is 24.3. The molecule has 0 aliphatic carbocycles. The fraction of sp³-hybridized carbons (Fsp3) is 0.250. The molecule has 3 aromatic carbocycles. The lowest BCUT2D eigenvalue weighted by Crippen LogP contribution is -2.24. The molecular weight excluding hydrogens is 522 g/mol. The number of anilines is 1. The van der Waals surface area contributed by atoms with Gasteiger partial charge in [-0.05, 0) is 60.5 Å². The number of methoxy groups -OCH3 is 1. The highest BCUT2D eigenvalue weighted by Crippen LogP contribution is 2.45. The first-order valence-corrected chi connectivity index (χ1v) is 14.0. The zero-order valence-corrected chi connectivity index (χ0v) is 22.8. The third-order valence-corrected chi connectivity index (χ3v) is 8.53. The van der Waals surface area contributed by atoms with Crippen molar-refractivity contribution in [1.29, 1.82) is 0 Å². The number of thioether (sulfide) groups is 2. The molecule has 4 rings (SSSR count). The minimum Gasteiger partial charge on any atom is -0.493 e. The molecule has 1 aliphatic heterocycles. The number of nitrogens with zero attached hydrogens (tertiary/aromatic N) is 1. The van der Waals surface area contributed by atoms with Crippen molar-refractivity contribution < 1.29 is 23.8 Å². The van der Waals surface area contributed by atoms with Crippen LogP contribution in [-0.4, -0.2) is 49.9 Å². The van der Waals surface area contributed by atoms with Crippen molar-refractivity contribution in [3.8, 4) is 17.2 Å². The molecule has 38 heavy (non-hydrogen) atoms. The van der Waals surface area contributed by atoms with Gasteiger partial charge >= 0.3 is 0 Å². The van der Waals surface area contributed by atoms with Crippen LogP contribution in [0.4, 0.5) is 5.69 Å². The first-order chi connectivity index (χ1) is 18.5. The summed E-state index contributed by atoms with van der Waals surface area (Å²) in [7, 11) is 1.51. The van der Waals surface area contributed by atoms with Crippen LogP contribution in [0, 0.1) is 6.92 Å². The summed E-state index contributed by atoms with van der Waals surface area (Å²) in [5.41, 5.74) is 6.20. The minimum atomic E-state index is -0.376. The summed E-state index contributed by atoms with van der Waals surface area (Å²) in [5, 5.41) is 6.77. The highest BCUT2D eigenvalue weighted by atomic mass is 32.2. The van der Waals surface area contributed by atoms with E-state index in [9.17, 15) is 9.59 Å². The second kappa shape index (κ2) is 13.8. The molecule has 1 heterocycles. The standard InChI is InChI=1S/C28H29N3O5S2/c1-19-3-8-22(9-4-19)30-26(32)17-36-24-12-5-20(15-25(24)34-2)16-29-31-27(33)18-35-23-10-6-21(7-11-23)28-37-13-14-38-28/h3-12,15-16,28H,13-14,17-18H2,1-2H3,(H,30,32)(H,31,33)/b29-16-. The largest absolute Gasteiger partial charge is 0.493 e. The van der Waals surface area contributed by atoms with Gasteiger partial charge < -0.3 is 19.5 Å². The van der Waals surface area contributed by atoms with Crippen LogP contribution in [0.25, 0.3) is 0 Å². The maximum atomic E-state index is 12.2. The van der Waals surface area contributed by atoms with Gasteiger partial charge in [-0.2, -0.15) is 5.10 Å². The van der Waals surface area contributed by atoms with E-state index in [0.717, 1.165) is 5.56 Å². The zero-order valence-electron chi connectivity index (χ0n) is 21.1. The highest BCUT2D eigenvalue weighted by molar-refractivity contribution is 8.19. The summed E-state index contributed by atoms with van der Waals surface area (Å²) >= 11 is 3.89. The zero-order chi connectivity index (χ0) is 26.7. The molecule has 1 saturated heterocycles. The smallest absolute Gasteiger partial charge is 0.277 e. The van der Waals surface area contributed by atoms with E-state index in [0.29, 0.717) is 33.1 Å². The van der Waals surface area contributed by atoms with Crippen LogP contribution in [0.15, 0.2) is 71.8 Å². The molecule has 198 valence electrons. The number of hydrogen-bond donors (Lipinski definition) is 2. The molecule has 0 spiro atoms. The number of rotatable bonds is 11. The maximum absolute atomic E-state index is 12.2. The van der Waals surface area contributed by atoms with Gasteiger partial charge in [0, 0.05) is 17.2 Å². The number of ether oxygens (including phenoxy) is 3. The first kappa shape index (κ1) is 27.4. The number of hydrogen-bond acceptors (Lipinski definition) is 8. The molecule has 1 fully saturated rings. The van der Waals surface area contributed by atoms with Crippen molar-refractivity contribution in [2.24, 2.45) is 5.10 Å². The molecule has 3 aromatic rings. The van der Waals surface area contributed by atoms with Gasteiger partial charge in [0.2, 0.25) is 0 Å². The lowest BCUT2D eigenvalue weighted by Gasteiger charge is -2.11. The van der Waals surface area contributed by atoms with E-state index in [2.05, 4.69) is 15.8 Å². The van der Waals surface area contributed by atoms with Crippen molar-refractivity contribution in [2.45, 2.75) is 11.5 Å². The van der Waals surface area contributed by atoms with Gasteiger partial charge in [-0.15, -0.1) is 23.5 Å². The summed E-state index contributed by atoms with van der Waals surface area (Å²) in [5.74, 6) is 3.17. The quantitative estimate of drug-likeness (QED) is 0.255. The third kappa shape index (κ3) is 8.19. The fourth-order valence-electron chi connectivity index (χ4n) is 3.49. The molecule has 0 unspecified atom stereocenters. The molecule has 8 nitrogen and oxygen atoms in total. The Balaban J connectivity index is 1.21. The molecule has 0 aromatic heterocycles. The minimum absolute atomic E-state index is 0.148. The van der Waals surface area contributed by atoms with E-state index >= 15 is 0 Å². The van der Waals surface area contributed by atoms with E-state index in [1.807, 2.05) is 79.0 Å². The molecule has 2 N–H and O–H groups in total. The molecule has 1 aliphatic rings. The van der Waals surface area contributed by atoms with Crippen molar-refractivity contribution in [3.05, 3.63) is 83.4 Å². The number of nitrogens with one attached hydrogen (secondary N) is 2. The van der Waals surface area contributed by atoms with E-state index < -0.39 is 0 Å². The van der Waals surface area contributed by atoms with Gasteiger partial charge in [0.05, 0.1) is 17.9 Å².